The standard InChI is InChI=1S/C15H16N4OS/c1-4-12(20)16-14-13(11-7-5-9(2)6-8-11)17-15-19(14)18-10(3)21-15/h5-8H,4H2,1-3H3,(H,16,20). The van der Waals surface area contributed by atoms with Crippen LogP contribution in [0.5, 0.6) is 0 Å². The Labute approximate surface area is 126 Å². The summed E-state index contributed by atoms with van der Waals surface area (Å²) in [6.45, 7) is 5.79. The average molecular weight is 300 g/mol. The van der Waals surface area contributed by atoms with Gasteiger partial charge >= 0.3 is 0 Å². The third-order valence-electron chi connectivity index (χ3n) is 3.21. The predicted molar refractivity (Wildman–Crippen MR) is 84.7 cm³/mol. The zero-order valence-electron chi connectivity index (χ0n) is 12.2. The second-order valence-electron chi connectivity index (χ2n) is 4.89. The van der Waals surface area contributed by atoms with E-state index in [-0.39, 0.29) is 5.91 Å². The lowest BCUT2D eigenvalue weighted by Gasteiger charge is -2.05. The fourth-order valence-corrected chi connectivity index (χ4v) is 2.83. The molecule has 1 aromatic carbocycles. The van der Waals surface area contributed by atoms with E-state index >= 15 is 0 Å². The summed E-state index contributed by atoms with van der Waals surface area (Å²) in [7, 11) is 0. The van der Waals surface area contributed by atoms with Gasteiger partial charge in [-0.05, 0) is 13.8 Å². The first-order chi connectivity index (χ1) is 10.1. The first-order valence-corrected chi connectivity index (χ1v) is 7.63. The second kappa shape index (κ2) is 5.29. The van der Waals surface area contributed by atoms with Crippen LogP contribution in [0.3, 0.4) is 0 Å². The number of hydrogen-bond donors (Lipinski definition) is 1. The summed E-state index contributed by atoms with van der Waals surface area (Å²) in [5.41, 5.74) is 2.92. The SMILES string of the molecule is CCC(=O)Nc1c(-c2ccc(C)cc2)nc2sc(C)nn12. The Morgan fingerprint density at radius 3 is 2.67 bits per heavy atom. The first-order valence-electron chi connectivity index (χ1n) is 6.81. The topological polar surface area (TPSA) is 59.3 Å². The fourth-order valence-electron chi connectivity index (χ4n) is 2.09. The molecule has 0 saturated carbocycles. The number of anilines is 1. The van der Waals surface area contributed by atoms with Crippen LogP contribution in [0.15, 0.2) is 24.3 Å². The van der Waals surface area contributed by atoms with Crippen molar-refractivity contribution in [2.24, 2.45) is 0 Å². The number of hydrogen-bond acceptors (Lipinski definition) is 4. The molecule has 1 amide bonds. The van der Waals surface area contributed by atoms with E-state index in [1.807, 2.05) is 45.0 Å². The predicted octanol–water partition coefficient (Wildman–Crippen LogP) is 3.42. The first kappa shape index (κ1) is 13.8. The molecule has 6 heteroatoms. The molecule has 2 aromatic heterocycles. The van der Waals surface area contributed by atoms with Gasteiger partial charge in [0.15, 0.2) is 5.82 Å². The van der Waals surface area contributed by atoms with Gasteiger partial charge in [-0.2, -0.15) is 9.61 Å². The number of nitrogens with zero attached hydrogens (tertiary/aromatic N) is 3. The summed E-state index contributed by atoms with van der Waals surface area (Å²) in [5.74, 6) is 0.598. The molecule has 0 aliphatic carbocycles. The molecule has 0 radical (unpaired) electrons. The molecule has 3 aromatic rings. The highest BCUT2D eigenvalue weighted by Crippen LogP contribution is 2.31. The highest BCUT2D eigenvalue weighted by atomic mass is 32.1. The number of aryl methyl sites for hydroxylation is 2. The Balaban J connectivity index is 2.16. The fraction of sp³-hybridized carbons (Fsp3) is 0.267. The number of fused-ring (bicyclic) bond motifs is 1. The molecule has 1 N–H and O–H groups in total. The molecule has 0 fully saturated rings. The van der Waals surface area contributed by atoms with Gasteiger partial charge in [0.1, 0.15) is 10.7 Å². The van der Waals surface area contributed by atoms with Crippen molar-refractivity contribution in [2.75, 3.05) is 5.32 Å². The smallest absolute Gasteiger partial charge is 0.225 e. The number of rotatable bonds is 3. The van der Waals surface area contributed by atoms with E-state index in [0.717, 1.165) is 21.2 Å². The summed E-state index contributed by atoms with van der Waals surface area (Å²) in [5, 5.41) is 8.25. The van der Waals surface area contributed by atoms with E-state index in [9.17, 15) is 4.79 Å². The normalized spacial score (nSPS) is 11.0. The number of amides is 1. The Bertz CT molecular complexity index is 801. The average Bonchev–Trinajstić information content (AvgIpc) is 2.97. The maximum absolute atomic E-state index is 11.8. The molecular formula is C15H16N4OS. The van der Waals surface area contributed by atoms with Crippen molar-refractivity contribution in [1.29, 1.82) is 0 Å². The summed E-state index contributed by atoms with van der Waals surface area (Å²) >= 11 is 1.51. The van der Waals surface area contributed by atoms with E-state index in [1.165, 1.54) is 16.9 Å². The number of carbonyl (C=O) groups excluding carboxylic acids is 1. The van der Waals surface area contributed by atoms with Gasteiger partial charge in [0, 0.05) is 12.0 Å². The number of imidazole rings is 1. The van der Waals surface area contributed by atoms with Crippen LogP contribution in [-0.4, -0.2) is 20.5 Å². The molecule has 0 spiro atoms. The van der Waals surface area contributed by atoms with Gasteiger partial charge in [0.2, 0.25) is 10.9 Å². The largest absolute Gasteiger partial charge is 0.309 e. The minimum absolute atomic E-state index is 0.0455. The van der Waals surface area contributed by atoms with E-state index < -0.39 is 0 Å². The van der Waals surface area contributed by atoms with Gasteiger partial charge in [-0.3, -0.25) is 4.79 Å². The third kappa shape index (κ3) is 2.54. The van der Waals surface area contributed by atoms with Gasteiger partial charge in [-0.15, -0.1) is 0 Å². The molecule has 2 heterocycles. The van der Waals surface area contributed by atoms with E-state index in [2.05, 4.69) is 15.4 Å². The van der Waals surface area contributed by atoms with Gasteiger partial charge in [0.25, 0.3) is 0 Å². The van der Waals surface area contributed by atoms with E-state index in [4.69, 9.17) is 0 Å². The van der Waals surface area contributed by atoms with Gasteiger partial charge in [0.05, 0.1) is 0 Å². The van der Waals surface area contributed by atoms with Crippen LogP contribution in [0.4, 0.5) is 5.82 Å². The molecular weight excluding hydrogens is 284 g/mol. The summed E-state index contributed by atoms with van der Waals surface area (Å²) in [6, 6.07) is 8.09. The van der Waals surface area contributed by atoms with Crippen LogP contribution >= 0.6 is 11.3 Å². The monoisotopic (exact) mass is 300 g/mol. The van der Waals surface area contributed by atoms with Crippen LogP contribution in [0.25, 0.3) is 16.2 Å². The van der Waals surface area contributed by atoms with Crippen molar-refractivity contribution in [1.82, 2.24) is 14.6 Å². The second-order valence-corrected chi connectivity index (χ2v) is 6.05. The van der Waals surface area contributed by atoms with Crippen LogP contribution in [0.2, 0.25) is 0 Å². The van der Waals surface area contributed by atoms with Crippen LogP contribution in [0.1, 0.15) is 23.9 Å². The Hall–Kier alpha value is -2.21. The van der Waals surface area contributed by atoms with E-state index in [1.54, 1.807) is 4.52 Å². The van der Waals surface area contributed by atoms with Crippen molar-refractivity contribution in [3.05, 3.63) is 34.8 Å². The lowest BCUT2D eigenvalue weighted by molar-refractivity contribution is -0.115. The summed E-state index contributed by atoms with van der Waals surface area (Å²) in [6.07, 6.45) is 0.420. The Morgan fingerprint density at radius 1 is 1.29 bits per heavy atom. The molecule has 0 unspecified atom stereocenters. The van der Waals surface area contributed by atoms with E-state index in [0.29, 0.717) is 12.2 Å². The third-order valence-corrected chi connectivity index (χ3v) is 4.03. The quantitative estimate of drug-likeness (QED) is 0.806. The lowest BCUT2D eigenvalue weighted by Crippen LogP contribution is -2.12. The summed E-state index contributed by atoms with van der Waals surface area (Å²) in [4.78, 5) is 17.2. The summed E-state index contributed by atoms with van der Waals surface area (Å²) < 4.78 is 1.71. The van der Waals surface area contributed by atoms with Crippen molar-refractivity contribution in [3.63, 3.8) is 0 Å². The van der Waals surface area contributed by atoms with Gasteiger partial charge in [-0.25, -0.2) is 4.98 Å². The van der Waals surface area contributed by atoms with Gasteiger partial charge in [-0.1, -0.05) is 48.1 Å². The molecule has 5 nitrogen and oxygen atoms in total. The lowest BCUT2D eigenvalue weighted by atomic mass is 10.1. The minimum atomic E-state index is -0.0455. The maximum atomic E-state index is 11.8. The van der Waals surface area contributed by atoms with Crippen molar-refractivity contribution in [3.8, 4) is 11.3 Å². The maximum Gasteiger partial charge on any atom is 0.225 e. The van der Waals surface area contributed by atoms with Crippen LogP contribution in [-0.2, 0) is 4.79 Å². The molecule has 21 heavy (non-hydrogen) atoms. The Kier molecular flexibility index (Phi) is 3.47. The number of nitrogens with one attached hydrogen (secondary N) is 1. The Morgan fingerprint density at radius 2 is 2.00 bits per heavy atom. The number of aromatic nitrogens is 3. The van der Waals surface area contributed by atoms with Gasteiger partial charge < -0.3 is 5.32 Å². The zero-order chi connectivity index (χ0) is 15.0. The van der Waals surface area contributed by atoms with Crippen LogP contribution in [0, 0.1) is 13.8 Å². The molecule has 0 aliphatic rings. The zero-order valence-corrected chi connectivity index (χ0v) is 13.0. The van der Waals surface area contributed by atoms with Crippen molar-refractivity contribution >= 4 is 28.0 Å². The van der Waals surface area contributed by atoms with Crippen molar-refractivity contribution in [2.45, 2.75) is 27.2 Å². The molecule has 0 aliphatic heterocycles. The van der Waals surface area contributed by atoms with Crippen molar-refractivity contribution < 1.29 is 4.79 Å². The highest BCUT2D eigenvalue weighted by molar-refractivity contribution is 7.16. The number of carbonyl (C=O) groups is 1. The molecule has 0 bridgehead atoms. The molecule has 3 rings (SSSR count). The highest BCUT2D eigenvalue weighted by Gasteiger charge is 2.18. The molecule has 108 valence electrons. The molecule has 0 atom stereocenters. The molecule has 0 saturated heterocycles. The number of benzene rings is 1. The minimum Gasteiger partial charge on any atom is -0.309 e. The van der Waals surface area contributed by atoms with Crippen LogP contribution < -0.4 is 5.32 Å².